The van der Waals surface area contributed by atoms with Crippen molar-refractivity contribution < 1.29 is 18.7 Å². The molecule has 24 heavy (non-hydrogen) atoms. The molecule has 0 bridgehead atoms. The van der Waals surface area contributed by atoms with E-state index in [1.54, 1.807) is 19.9 Å². The molecule has 0 fully saturated rings. The van der Waals surface area contributed by atoms with Crippen molar-refractivity contribution in [3.63, 3.8) is 0 Å². The van der Waals surface area contributed by atoms with Gasteiger partial charge in [-0.15, -0.1) is 0 Å². The number of rotatable bonds is 7. The van der Waals surface area contributed by atoms with Gasteiger partial charge in [-0.25, -0.2) is 9.59 Å². The molecule has 1 aromatic heterocycles. The SMILES string of the molecule is COC(=O)N/C=C/CCC(C)c1cc(N)c(C(=O)C(C)C)c(=O)o1. The number of methoxy groups -OCH3 is 1. The Bertz CT molecular complexity index is 676. The maximum absolute atomic E-state index is 12.1. The van der Waals surface area contributed by atoms with E-state index in [0.29, 0.717) is 18.6 Å². The number of alkyl carbamates (subject to hydrolysis) is 1. The Morgan fingerprint density at radius 1 is 1.38 bits per heavy atom. The second-order valence-corrected chi connectivity index (χ2v) is 5.80. The highest BCUT2D eigenvalue weighted by Gasteiger charge is 2.21. The molecule has 7 nitrogen and oxygen atoms in total. The minimum absolute atomic E-state index is 0.0639. The molecule has 0 radical (unpaired) electrons. The topological polar surface area (TPSA) is 112 Å². The average molecular weight is 336 g/mol. The zero-order chi connectivity index (χ0) is 18.3. The molecule has 7 heteroatoms. The number of allylic oxidation sites excluding steroid dienone is 1. The highest BCUT2D eigenvalue weighted by Crippen LogP contribution is 2.23. The molecule has 0 aliphatic carbocycles. The van der Waals surface area contributed by atoms with E-state index in [1.165, 1.54) is 19.4 Å². The van der Waals surface area contributed by atoms with Gasteiger partial charge in [-0.3, -0.25) is 10.1 Å². The lowest BCUT2D eigenvalue weighted by Gasteiger charge is -2.12. The molecule has 0 aliphatic heterocycles. The largest absolute Gasteiger partial charge is 0.453 e. The van der Waals surface area contributed by atoms with Crippen molar-refractivity contribution in [3.05, 3.63) is 40.1 Å². The number of anilines is 1. The van der Waals surface area contributed by atoms with Crippen LogP contribution in [0.15, 0.2) is 27.6 Å². The van der Waals surface area contributed by atoms with Crippen LogP contribution in [0.25, 0.3) is 0 Å². The number of carbonyl (C=O) groups is 2. The van der Waals surface area contributed by atoms with Crippen molar-refractivity contribution in [2.24, 2.45) is 5.92 Å². The van der Waals surface area contributed by atoms with Gasteiger partial charge in [0.2, 0.25) is 0 Å². The standard InChI is InChI=1S/C17H24N2O5/c1-10(2)15(20)14-12(18)9-13(24-16(14)21)11(3)7-5-6-8-19-17(22)23-4/h6,8-11H,5,7,18H2,1-4H3,(H,19,22)/b8-6+. The quantitative estimate of drug-likeness (QED) is 0.741. The molecule has 0 saturated heterocycles. The third-order valence-electron chi connectivity index (χ3n) is 3.53. The molecule has 0 saturated carbocycles. The van der Waals surface area contributed by atoms with Crippen LogP contribution in [-0.4, -0.2) is 19.0 Å². The maximum Gasteiger partial charge on any atom is 0.410 e. The van der Waals surface area contributed by atoms with Gasteiger partial charge in [0.15, 0.2) is 5.78 Å². The first-order chi connectivity index (χ1) is 11.3. The summed E-state index contributed by atoms with van der Waals surface area (Å²) in [6.45, 7) is 5.29. The Hall–Kier alpha value is -2.57. The average Bonchev–Trinajstić information content (AvgIpc) is 2.52. The van der Waals surface area contributed by atoms with E-state index >= 15 is 0 Å². The molecule has 1 heterocycles. The van der Waals surface area contributed by atoms with E-state index in [0.717, 1.165) is 0 Å². The van der Waals surface area contributed by atoms with Gasteiger partial charge in [0.25, 0.3) is 0 Å². The van der Waals surface area contributed by atoms with Crippen LogP contribution in [0, 0.1) is 5.92 Å². The number of carbonyl (C=O) groups excluding carboxylic acids is 2. The van der Waals surface area contributed by atoms with E-state index in [9.17, 15) is 14.4 Å². The molecule has 1 aromatic rings. The lowest BCUT2D eigenvalue weighted by molar-refractivity contribution is 0.0935. The van der Waals surface area contributed by atoms with Gasteiger partial charge in [0.05, 0.1) is 12.8 Å². The highest BCUT2D eigenvalue weighted by atomic mass is 16.5. The van der Waals surface area contributed by atoms with Gasteiger partial charge in [-0.2, -0.15) is 0 Å². The van der Waals surface area contributed by atoms with Crippen LogP contribution < -0.4 is 16.7 Å². The summed E-state index contributed by atoms with van der Waals surface area (Å²) in [5.41, 5.74) is 5.24. The van der Waals surface area contributed by atoms with E-state index in [2.05, 4.69) is 10.1 Å². The second-order valence-electron chi connectivity index (χ2n) is 5.80. The summed E-state index contributed by atoms with van der Waals surface area (Å²) in [6.07, 6.45) is 4.06. The molecule has 1 amide bonds. The summed E-state index contributed by atoms with van der Waals surface area (Å²) in [5.74, 6) is -0.277. The number of ketones is 1. The molecular weight excluding hydrogens is 312 g/mol. The molecule has 1 unspecified atom stereocenters. The van der Waals surface area contributed by atoms with Crippen LogP contribution in [0.4, 0.5) is 10.5 Å². The third-order valence-corrected chi connectivity index (χ3v) is 3.53. The van der Waals surface area contributed by atoms with Crippen LogP contribution in [0.2, 0.25) is 0 Å². The molecule has 1 rings (SSSR count). The summed E-state index contributed by atoms with van der Waals surface area (Å²) in [5, 5.41) is 2.42. The normalized spacial score (nSPS) is 12.4. The maximum atomic E-state index is 12.1. The van der Waals surface area contributed by atoms with Crippen LogP contribution in [0.3, 0.4) is 0 Å². The van der Waals surface area contributed by atoms with E-state index in [-0.39, 0.29) is 28.9 Å². The zero-order valence-corrected chi connectivity index (χ0v) is 14.4. The van der Waals surface area contributed by atoms with Crippen molar-refractivity contribution in [3.8, 4) is 0 Å². The van der Waals surface area contributed by atoms with Crippen LogP contribution in [0.5, 0.6) is 0 Å². The monoisotopic (exact) mass is 336 g/mol. The second kappa shape index (κ2) is 8.90. The fraction of sp³-hybridized carbons (Fsp3) is 0.471. The van der Waals surface area contributed by atoms with Gasteiger partial charge in [0.1, 0.15) is 11.3 Å². The molecule has 3 N–H and O–H groups in total. The number of ether oxygens (including phenoxy) is 1. The predicted octanol–water partition coefficient (Wildman–Crippen LogP) is 2.81. The van der Waals surface area contributed by atoms with Gasteiger partial charge in [-0.05, 0) is 12.8 Å². The smallest absolute Gasteiger partial charge is 0.410 e. The molecule has 0 aromatic carbocycles. The Morgan fingerprint density at radius 3 is 2.58 bits per heavy atom. The van der Waals surface area contributed by atoms with E-state index < -0.39 is 11.7 Å². The predicted molar refractivity (Wildman–Crippen MR) is 90.9 cm³/mol. The number of hydrogen-bond donors (Lipinski definition) is 2. The first-order valence-electron chi connectivity index (χ1n) is 7.75. The molecular formula is C17H24N2O5. The first kappa shape index (κ1) is 19.5. The van der Waals surface area contributed by atoms with E-state index in [1.807, 2.05) is 6.92 Å². The highest BCUT2D eigenvalue weighted by molar-refractivity contribution is 6.01. The molecule has 0 aliphatic rings. The fourth-order valence-electron chi connectivity index (χ4n) is 2.06. The number of nitrogen functional groups attached to an aromatic ring is 1. The van der Waals surface area contributed by atoms with Crippen molar-refractivity contribution in [1.29, 1.82) is 0 Å². The number of amides is 1. The summed E-state index contributed by atoms with van der Waals surface area (Å²) in [7, 11) is 1.28. The Labute approximate surface area is 140 Å². The van der Waals surface area contributed by atoms with Gasteiger partial charge >= 0.3 is 11.7 Å². The Balaban J connectivity index is 2.76. The van der Waals surface area contributed by atoms with Crippen molar-refractivity contribution in [2.75, 3.05) is 12.8 Å². The van der Waals surface area contributed by atoms with Crippen LogP contribution in [-0.2, 0) is 4.74 Å². The summed E-state index contributed by atoms with van der Waals surface area (Å²) in [6, 6.07) is 1.54. The summed E-state index contributed by atoms with van der Waals surface area (Å²) in [4.78, 5) is 34.9. The third kappa shape index (κ3) is 5.26. The van der Waals surface area contributed by atoms with Crippen LogP contribution in [0.1, 0.15) is 55.6 Å². The van der Waals surface area contributed by atoms with Gasteiger partial charge in [0, 0.05) is 24.1 Å². The molecule has 1 atom stereocenters. The molecule has 0 spiro atoms. The van der Waals surface area contributed by atoms with Crippen LogP contribution >= 0.6 is 0 Å². The van der Waals surface area contributed by atoms with Crippen molar-refractivity contribution in [1.82, 2.24) is 5.32 Å². The number of Topliss-reactive ketones (excluding diaryl/α,β-unsaturated/α-hetero) is 1. The van der Waals surface area contributed by atoms with Gasteiger partial charge < -0.3 is 14.9 Å². The first-order valence-corrected chi connectivity index (χ1v) is 7.75. The number of nitrogens with one attached hydrogen (secondary N) is 1. The zero-order valence-electron chi connectivity index (χ0n) is 14.4. The summed E-state index contributed by atoms with van der Waals surface area (Å²) < 4.78 is 9.69. The lowest BCUT2D eigenvalue weighted by atomic mass is 9.98. The molecule has 132 valence electrons. The van der Waals surface area contributed by atoms with Crippen molar-refractivity contribution in [2.45, 2.75) is 39.5 Å². The van der Waals surface area contributed by atoms with Gasteiger partial charge in [-0.1, -0.05) is 26.8 Å². The lowest BCUT2D eigenvalue weighted by Crippen LogP contribution is -2.21. The number of hydrogen-bond acceptors (Lipinski definition) is 6. The summed E-state index contributed by atoms with van der Waals surface area (Å²) >= 11 is 0. The number of nitrogens with two attached hydrogens (primary N) is 1. The minimum atomic E-state index is -0.696. The van der Waals surface area contributed by atoms with Crippen molar-refractivity contribution >= 4 is 17.6 Å². The minimum Gasteiger partial charge on any atom is -0.453 e. The Morgan fingerprint density at radius 2 is 2.04 bits per heavy atom. The van der Waals surface area contributed by atoms with E-state index in [4.69, 9.17) is 10.2 Å². The fourth-order valence-corrected chi connectivity index (χ4v) is 2.06. The Kier molecular flexibility index (Phi) is 7.23.